The van der Waals surface area contributed by atoms with Crippen molar-refractivity contribution >= 4 is 5.97 Å². The lowest BCUT2D eigenvalue weighted by Gasteiger charge is -2.16. The Hall–Kier alpha value is -0.990. The number of nitrogens with zero attached hydrogens (tertiary/aromatic N) is 1. The van der Waals surface area contributed by atoms with Crippen molar-refractivity contribution in [3.63, 3.8) is 0 Å². The number of allylic oxidation sites excluding steroid dienone is 1. The molecule has 0 amide bonds. The molecule has 3 heteroatoms. The van der Waals surface area contributed by atoms with Gasteiger partial charge < -0.3 is 10.0 Å². The second kappa shape index (κ2) is 17.8. The van der Waals surface area contributed by atoms with Gasteiger partial charge in [-0.15, -0.1) is 0 Å². The van der Waals surface area contributed by atoms with Gasteiger partial charge >= 0.3 is 5.97 Å². The Morgan fingerprint density at radius 2 is 1.08 bits per heavy atom. The molecule has 0 spiro atoms. The molecule has 0 aromatic carbocycles. The van der Waals surface area contributed by atoms with Crippen LogP contribution in [0.4, 0.5) is 0 Å². The van der Waals surface area contributed by atoms with Crippen LogP contribution in [0, 0.1) is 0 Å². The molecule has 0 unspecified atom stereocenters. The molecule has 0 bridgehead atoms. The highest BCUT2D eigenvalue weighted by molar-refractivity contribution is 5.80. The molecule has 0 saturated heterocycles. The van der Waals surface area contributed by atoms with Gasteiger partial charge in [-0.05, 0) is 12.8 Å². The predicted octanol–water partition coefficient (Wildman–Crippen LogP) is 6.78. The van der Waals surface area contributed by atoms with Gasteiger partial charge in [0.1, 0.15) is 0 Å². The van der Waals surface area contributed by atoms with Crippen molar-refractivity contribution in [2.45, 2.75) is 110 Å². The van der Waals surface area contributed by atoms with Crippen LogP contribution < -0.4 is 0 Å². The number of hydrogen-bond acceptors (Lipinski definition) is 2. The average Bonchev–Trinajstić information content (AvgIpc) is 2.56. The Morgan fingerprint density at radius 3 is 1.40 bits per heavy atom. The van der Waals surface area contributed by atoms with E-state index in [4.69, 9.17) is 5.11 Å². The highest BCUT2D eigenvalue weighted by Gasteiger charge is 2.03. The van der Waals surface area contributed by atoms with Crippen LogP contribution in [0.5, 0.6) is 0 Å². The molecule has 0 atom stereocenters. The Bertz CT molecular complexity index is 337. The van der Waals surface area contributed by atoms with E-state index in [9.17, 15) is 4.79 Å². The lowest BCUT2D eigenvalue weighted by atomic mass is 10.0. The minimum absolute atomic E-state index is 0.843. The molecule has 0 aliphatic rings. The van der Waals surface area contributed by atoms with Gasteiger partial charge in [0, 0.05) is 25.9 Å². The van der Waals surface area contributed by atoms with Gasteiger partial charge in [0.2, 0.25) is 0 Å². The standard InChI is InChI=1S/C22H43NO2/c1-4-5-6-7-8-9-10-11-12-13-14-15-16-17-18-19-21(23(2)3)20-22(24)25/h20H,4-19H2,1-3H3,(H,24,25)/b21-20+. The lowest BCUT2D eigenvalue weighted by Crippen LogP contribution is -2.12. The third-order valence-corrected chi connectivity index (χ3v) is 4.90. The van der Waals surface area contributed by atoms with Crippen LogP contribution in [-0.2, 0) is 4.79 Å². The second-order valence-corrected chi connectivity index (χ2v) is 7.57. The molecule has 148 valence electrons. The van der Waals surface area contributed by atoms with Crippen molar-refractivity contribution in [2.24, 2.45) is 0 Å². The monoisotopic (exact) mass is 353 g/mol. The summed E-state index contributed by atoms with van der Waals surface area (Å²) in [5.74, 6) is -0.843. The molecule has 0 heterocycles. The molecule has 0 aromatic heterocycles. The first-order valence-corrected chi connectivity index (χ1v) is 10.7. The number of carboxylic acids is 1. The summed E-state index contributed by atoms with van der Waals surface area (Å²) >= 11 is 0. The Labute approximate surface area is 156 Å². The van der Waals surface area contributed by atoms with E-state index in [1.165, 1.54) is 96.0 Å². The Kier molecular flexibility index (Phi) is 17.1. The first-order valence-electron chi connectivity index (χ1n) is 10.7. The highest BCUT2D eigenvalue weighted by atomic mass is 16.4. The van der Waals surface area contributed by atoms with Crippen LogP contribution in [0.3, 0.4) is 0 Å². The maximum absolute atomic E-state index is 10.8. The smallest absolute Gasteiger partial charge is 0.330 e. The van der Waals surface area contributed by atoms with Crippen molar-refractivity contribution in [3.05, 3.63) is 11.8 Å². The predicted molar refractivity (Wildman–Crippen MR) is 109 cm³/mol. The van der Waals surface area contributed by atoms with Gasteiger partial charge in [-0.2, -0.15) is 0 Å². The number of hydrogen-bond donors (Lipinski definition) is 1. The number of carbonyl (C=O) groups is 1. The molecular formula is C22H43NO2. The fourth-order valence-electron chi connectivity index (χ4n) is 3.24. The maximum Gasteiger partial charge on any atom is 0.330 e. The first kappa shape index (κ1) is 24.0. The van der Waals surface area contributed by atoms with E-state index in [1.54, 1.807) is 0 Å². The van der Waals surface area contributed by atoms with Crippen molar-refractivity contribution < 1.29 is 9.90 Å². The van der Waals surface area contributed by atoms with Crippen LogP contribution >= 0.6 is 0 Å². The fraction of sp³-hybridized carbons (Fsp3) is 0.864. The molecule has 0 radical (unpaired) electrons. The zero-order chi connectivity index (χ0) is 18.8. The molecule has 0 aliphatic carbocycles. The van der Waals surface area contributed by atoms with Crippen molar-refractivity contribution in [1.82, 2.24) is 4.90 Å². The minimum atomic E-state index is -0.843. The van der Waals surface area contributed by atoms with E-state index in [2.05, 4.69) is 6.92 Å². The fourth-order valence-corrected chi connectivity index (χ4v) is 3.24. The lowest BCUT2D eigenvalue weighted by molar-refractivity contribution is -0.131. The van der Waals surface area contributed by atoms with Gasteiger partial charge in [-0.1, -0.05) is 96.8 Å². The third-order valence-electron chi connectivity index (χ3n) is 4.90. The number of aliphatic carboxylic acids is 1. The third kappa shape index (κ3) is 17.6. The van der Waals surface area contributed by atoms with E-state index < -0.39 is 5.97 Å². The molecule has 25 heavy (non-hydrogen) atoms. The Balaban J connectivity index is 3.32. The molecule has 0 aliphatic heterocycles. The van der Waals surface area contributed by atoms with E-state index in [-0.39, 0.29) is 0 Å². The quantitative estimate of drug-likeness (QED) is 0.218. The normalized spacial score (nSPS) is 11.7. The molecule has 0 saturated carbocycles. The van der Waals surface area contributed by atoms with Crippen molar-refractivity contribution in [3.8, 4) is 0 Å². The van der Waals surface area contributed by atoms with E-state index in [0.29, 0.717) is 0 Å². The zero-order valence-corrected chi connectivity index (χ0v) is 17.2. The van der Waals surface area contributed by atoms with Crippen LogP contribution in [-0.4, -0.2) is 30.1 Å². The average molecular weight is 354 g/mol. The summed E-state index contributed by atoms with van der Waals surface area (Å²) in [6.07, 6.45) is 22.6. The molecule has 0 aromatic rings. The summed E-state index contributed by atoms with van der Waals surface area (Å²) in [5.41, 5.74) is 0.919. The Morgan fingerprint density at radius 1 is 0.720 bits per heavy atom. The SMILES string of the molecule is CCCCCCCCCCCCCCCCC/C(=C\C(=O)O)N(C)C. The number of carboxylic acid groups (broad SMARTS) is 1. The van der Waals surface area contributed by atoms with Gasteiger partial charge in [0.05, 0.1) is 0 Å². The van der Waals surface area contributed by atoms with Crippen molar-refractivity contribution in [1.29, 1.82) is 0 Å². The van der Waals surface area contributed by atoms with Gasteiger partial charge in [-0.3, -0.25) is 0 Å². The van der Waals surface area contributed by atoms with Crippen LogP contribution in [0.15, 0.2) is 11.8 Å². The van der Waals surface area contributed by atoms with Crippen LogP contribution in [0.25, 0.3) is 0 Å². The summed E-state index contributed by atoms with van der Waals surface area (Å²) in [6, 6.07) is 0. The van der Waals surface area contributed by atoms with Crippen LogP contribution in [0.1, 0.15) is 110 Å². The minimum Gasteiger partial charge on any atom is -0.478 e. The molecule has 0 rings (SSSR count). The summed E-state index contributed by atoms with van der Waals surface area (Å²) in [6.45, 7) is 2.28. The zero-order valence-electron chi connectivity index (χ0n) is 17.2. The van der Waals surface area contributed by atoms with E-state index >= 15 is 0 Å². The largest absolute Gasteiger partial charge is 0.478 e. The van der Waals surface area contributed by atoms with Gasteiger partial charge in [0.15, 0.2) is 0 Å². The molecular weight excluding hydrogens is 310 g/mol. The van der Waals surface area contributed by atoms with E-state index in [0.717, 1.165) is 18.5 Å². The number of unbranched alkanes of at least 4 members (excludes halogenated alkanes) is 14. The van der Waals surface area contributed by atoms with E-state index in [1.807, 2.05) is 19.0 Å². The van der Waals surface area contributed by atoms with Gasteiger partial charge in [-0.25, -0.2) is 4.79 Å². The second-order valence-electron chi connectivity index (χ2n) is 7.57. The summed E-state index contributed by atoms with van der Waals surface area (Å²) in [7, 11) is 3.83. The van der Waals surface area contributed by atoms with Crippen LogP contribution in [0.2, 0.25) is 0 Å². The van der Waals surface area contributed by atoms with Gasteiger partial charge in [0.25, 0.3) is 0 Å². The topological polar surface area (TPSA) is 40.5 Å². The summed E-state index contributed by atoms with van der Waals surface area (Å²) < 4.78 is 0. The molecule has 0 fully saturated rings. The van der Waals surface area contributed by atoms with Crippen molar-refractivity contribution in [2.75, 3.05) is 14.1 Å². The number of rotatable bonds is 18. The summed E-state index contributed by atoms with van der Waals surface area (Å²) in [5, 5.41) is 8.86. The maximum atomic E-state index is 10.8. The molecule has 1 N–H and O–H groups in total. The molecule has 3 nitrogen and oxygen atoms in total. The highest BCUT2D eigenvalue weighted by Crippen LogP contribution is 2.15. The first-order chi connectivity index (χ1) is 12.1. The summed E-state index contributed by atoms with van der Waals surface area (Å²) in [4.78, 5) is 12.7.